The quantitative estimate of drug-likeness (QED) is 0.946. The lowest BCUT2D eigenvalue weighted by atomic mass is 9.92. The summed E-state index contributed by atoms with van der Waals surface area (Å²) in [6.07, 6.45) is 7.92. The van der Waals surface area contributed by atoms with E-state index < -0.39 is 0 Å². The van der Waals surface area contributed by atoms with Crippen LogP contribution < -0.4 is 5.73 Å². The first kappa shape index (κ1) is 14.3. The van der Waals surface area contributed by atoms with Gasteiger partial charge in [0.25, 0.3) is 5.91 Å². The van der Waals surface area contributed by atoms with Gasteiger partial charge in [0.2, 0.25) is 0 Å². The van der Waals surface area contributed by atoms with Crippen LogP contribution in [0.1, 0.15) is 42.3 Å². The van der Waals surface area contributed by atoms with Crippen molar-refractivity contribution < 1.29 is 4.79 Å². The summed E-state index contributed by atoms with van der Waals surface area (Å²) in [7, 11) is 0. The average molecular weight is 304 g/mol. The summed E-state index contributed by atoms with van der Waals surface area (Å²) in [6, 6.07) is 0. The molecule has 0 saturated carbocycles. The van der Waals surface area contributed by atoms with E-state index in [1.165, 1.54) is 24.2 Å². The fraction of sp³-hybridized carbons (Fsp3) is 0.533. The minimum absolute atomic E-state index is 0.0345. The molecular formula is C15H20N4OS. The van der Waals surface area contributed by atoms with Gasteiger partial charge in [-0.3, -0.25) is 4.79 Å². The minimum Gasteiger partial charge on any atom is -0.396 e. The number of fused-ring (bicyclic) bond motifs is 1. The van der Waals surface area contributed by atoms with Gasteiger partial charge in [0.15, 0.2) is 0 Å². The summed E-state index contributed by atoms with van der Waals surface area (Å²) in [4.78, 5) is 24.4. The molecule has 1 amide bonds. The molecule has 0 bridgehead atoms. The van der Waals surface area contributed by atoms with Crippen LogP contribution in [0.4, 0.5) is 5.69 Å². The smallest absolute Gasteiger partial charge is 0.266 e. The number of carbonyl (C=O) groups is 1. The van der Waals surface area contributed by atoms with E-state index >= 15 is 0 Å². The van der Waals surface area contributed by atoms with Gasteiger partial charge in [0.05, 0.1) is 5.69 Å². The lowest BCUT2D eigenvalue weighted by Crippen LogP contribution is -2.38. The molecule has 2 aromatic rings. The summed E-state index contributed by atoms with van der Waals surface area (Å²) < 4.78 is 0. The number of likely N-dealkylation sites (tertiary alicyclic amines) is 1. The second-order valence-electron chi connectivity index (χ2n) is 5.58. The molecule has 2 N–H and O–H groups in total. The molecule has 1 saturated heterocycles. The third-order valence-corrected chi connectivity index (χ3v) is 5.25. The zero-order valence-electron chi connectivity index (χ0n) is 12.2. The van der Waals surface area contributed by atoms with Gasteiger partial charge in [-0.25, -0.2) is 9.97 Å². The molecule has 2 aromatic heterocycles. The van der Waals surface area contributed by atoms with Gasteiger partial charge in [-0.05, 0) is 18.8 Å². The van der Waals surface area contributed by atoms with Crippen molar-refractivity contribution in [1.82, 2.24) is 14.9 Å². The molecule has 1 aliphatic rings. The summed E-state index contributed by atoms with van der Waals surface area (Å²) >= 11 is 1.35. The van der Waals surface area contributed by atoms with E-state index in [0.717, 1.165) is 36.7 Å². The molecule has 0 spiro atoms. The Labute approximate surface area is 128 Å². The number of nitrogens with zero attached hydrogens (tertiary/aromatic N) is 3. The van der Waals surface area contributed by atoms with Gasteiger partial charge in [-0.2, -0.15) is 0 Å². The zero-order valence-corrected chi connectivity index (χ0v) is 13.0. The van der Waals surface area contributed by atoms with Gasteiger partial charge >= 0.3 is 0 Å². The number of amides is 1. The Balaban J connectivity index is 1.77. The van der Waals surface area contributed by atoms with Crippen LogP contribution in [0.15, 0.2) is 12.4 Å². The predicted octanol–water partition coefficient (Wildman–Crippen LogP) is 2.93. The maximum Gasteiger partial charge on any atom is 0.266 e. The first-order chi connectivity index (χ1) is 10.2. The summed E-state index contributed by atoms with van der Waals surface area (Å²) in [5, 5.41) is 0. The molecular weight excluding hydrogens is 284 g/mol. The Bertz CT molecular complexity index is 646. The summed E-state index contributed by atoms with van der Waals surface area (Å²) in [6.45, 7) is 3.88. The number of hydrogen-bond acceptors (Lipinski definition) is 5. The van der Waals surface area contributed by atoms with Crippen molar-refractivity contribution in [3.63, 3.8) is 0 Å². The number of nitrogens with two attached hydrogens (primary N) is 1. The molecule has 1 fully saturated rings. The van der Waals surface area contributed by atoms with Gasteiger partial charge in [-0.15, -0.1) is 11.3 Å². The maximum absolute atomic E-state index is 12.7. The van der Waals surface area contributed by atoms with Gasteiger partial charge in [-0.1, -0.05) is 19.8 Å². The van der Waals surface area contributed by atoms with Crippen molar-refractivity contribution in [3.8, 4) is 0 Å². The number of nitrogen functional groups attached to an aromatic ring is 1. The number of aromatic nitrogens is 2. The molecule has 0 aromatic carbocycles. The first-order valence-corrected chi connectivity index (χ1v) is 8.30. The highest BCUT2D eigenvalue weighted by molar-refractivity contribution is 7.21. The Hall–Kier alpha value is -1.69. The van der Waals surface area contributed by atoms with Crippen molar-refractivity contribution in [2.75, 3.05) is 18.8 Å². The Kier molecular flexibility index (Phi) is 4.05. The highest BCUT2D eigenvalue weighted by Gasteiger charge is 2.26. The summed E-state index contributed by atoms with van der Waals surface area (Å²) in [5.41, 5.74) is 7.20. The van der Waals surface area contributed by atoms with Crippen LogP contribution in [0.2, 0.25) is 0 Å². The number of carbonyl (C=O) groups excluding carboxylic acids is 1. The van der Waals surface area contributed by atoms with Crippen molar-refractivity contribution in [1.29, 1.82) is 0 Å². The lowest BCUT2D eigenvalue weighted by molar-refractivity contribution is 0.0692. The highest BCUT2D eigenvalue weighted by Crippen LogP contribution is 2.32. The number of hydrogen-bond donors (Lipinski definition) is 1. The van der Waals surface area contributed by atoms with Crippen LogP contribution in [-0.2, 0) is 0 Å². The van der Waals surface area contributed by atoms with Crippen molar-refractivity contribution in [2.45, 2.75) is 32.6 Å². The van der Waals surface area contributed by atoms with Gasteiger partial charge < -0.3 is 10.6 Å². The standard InChI is InChI=1S/C15H20N4OS/c1-2-3-10-4-8-19(9-5-10)15(20)13-11(16)12-14(21-13)18-7-6-17-12/h6-7,10H,2-5,8-9,16H2,1H3. The first-order valence-electron chi connectivity index (χ1n) is 7.49. The molecule has 0 radical (unpaired) electrons. The zero-order chi connectivity index (χ0) is 14.8. The van der Waals surface area contributed by atoms with E-state index in [-0.39, 0.29) is 5.91 Å². The number of anilines is 1. The molecule has 3 heterocycles. The normalized spacial score (nSPS) is 16.5. The van der Waals surface area contributed by atoms with Crippen LogP contribution in [0.5, 0.6) is 0 Å². The maximum atomic E-state index is 12.7. The largest absolute Gasteiger partial charge is 0.396 e. The molecule has 5 nitrogen and oxygen atoms in total. The molecule has 21 heavy (non-hydrogen) atoms. The van der Waals surface area contributed by atoms with E-state index in [1.807, 2.05) is 4.90 Å². The second-order valence-corrected chi connectivity index (χ2v) is 6.58. The number of thiophene rings is 1. The van der Waals surface area contributed by atoms with E-state index in [9.17, 15) is 4.79 Å². The number of rotatable bonds is 3. The summed E-state index contributed by atoms with van der Waals surface area (Å²) in [5.74, 6) is 0.800. The van der Waals surface area contributed by atoms with Gasteiger partial charge in [0, 0.05) is 25.5 Å². The highest BCUT2D eigenvalue weighted by atomic mass is 32.1. The molecule has 0 atom stereocenters. The molecule has 3 rings (SSSR count). The van der Waals surface area contributed by atoms with Crippen LogP contribution in [0.25, 0.3) is 10.3 Å². The number of piperidine rings is 1. The lowest BCUT2D eigenvalue weighted by Gasteiger charge is -2.31. The fourth-order valence-corrected chi connectivity index (χ4v) is 3.97. The van der Waals surface area contributed by atoms with E-state index in [1.54, 1.807) is 12.4 Å². The van der Waals surface area contributed by atoms with E-state index in [0.29, 0.717) is 16.1 Å². The molecule has 112 valence electrons. The van der Waals surface area contributed by atoms with Crippen molar-refractivity contribution in [3.05, 3.63) is 17.3 Å². The Morgan fingerprint density at radius 2 is 2.10 bits per heavy atom. The van der Waals surface area contributed by atoms with Crippen molar-refractivity contribution in [2.24, 2.45) is 5.92 Å². The molecule has 0 unspecified atom stereocenters. The van der Waals surface area contributed by atoms with E-state index in [2.05, 4.69) is 16.9 Å². The molecule has 0 aliphatic carbocycles. The van der Waals surface area contributed by atoms with Crippen LogP contribution in [0, 0.1) is 5.92 Å². The topological polar surface area (TPSA) is 72.1 Å². The van der Waals surface area contributed by atoms with Crippen molar-refractivity contribution >= 4 is 33.3 Å². The Morgan fingerprint density at radius 1 is 1.38 bits per heavy atom. The second kappa shape index (κ2) is 5.97. The third kappa shape index (κ3) is 2.72. The predicted molar refractivity (Wildman–Crippen MR) is 85.4 cm³/mol. The monoisotopic (exact) mass is 304 g/mol. The third-order valence-electron chi connectivity index (χ3n) is 4.16. The molecule has 1 aliphatic heterocycles. The van der Waals surface area contributed by atoms with Crippen LogP contribution >= 0.6 is 11.3 Å². The van der Waals surface area contributed by atoms with Crippen LogP contribution in [-0.4, -0.2) is 33.9 Å². The van der Waals surface area contributed by atoms with E-state index in [4.69, 9.17) is 5.73 Å². The van der Waals surface area contributed by atoms with Gasteiger partial charge in [0.1, 0.15) is 15.2 Å². The SMILES string of the molecule is CCCC1CCN(C(=O)c2sc3nccnc3c2N)CC1. The minimum atomic E-state index is 0.0345. The Morgan fingerprint density at radius 3 is 2.76 bits per heavy atom. The van der Waals surface area contributed by atoms with Crippen LogP contribution in [0.3, 0.4) is 0 Å². The average Bonchev–Trinajstić information content (AvgIpc) is 2.85. The molecule has 6 heteroatoms. The fourth-order valence-electron chi connectivity index (χ4n) is 2.98.